The predicted molar refractivity (Wildman–Crippen MR) is 108 cm³/mol. The van der Waals surface area contributed by atoms with E-state index in [0.717, 1.165) is 30.9 Å². The van der Waals surface area contributed by atoms with Gasteiger partial charge >= 0.3 is 6.09 Å². The van der Waals surface area contributed by atoms with Crippen LogP contribution in [0.4, 0.5) is 10.5 Å². The summed E-state index contributed by atoms with van der Waals surface area (Å²) in [7, 11) is 0. The van der Waals surface area contributed by atoms with Crippen molar-refractivity contribution in [2.24, 2.45) is 5.41 Å². The van der Waals surface area contributed by atoms with Gasteiger partial charge in [-0.25, -0.2) is 4.79 Å². The van der Waals surface area contributed by atoms with Crippen LogP contribution in [0.2, 0.25) is 0 Å². The maximum absolute atomic E-state index is 11.3. The summed E-state index contributed by atoms with van der Waals surface area (Å²) in [4.78, 5) is 13.8. The Morgan fingerprint density at radius 1 is 1.07 bits per heavy atom. The fraction of sp³-hybridized carbons (Fsp3) is 0.435. The number of fused-ring (bicyclic) bond motifs is 1. The van der Waals surface area contributed by atoms with E-state index in [0.29, 0.717) is 12.0 Å². The molecule has 0 aromatic heterocycles. The number of amides is 1. The monoisotopic (exact) mass is 364 g/mol. The highest BCUT2D eigenvalue weighted by Gasteiger charge is 2.29. The van der Waals surface area contributed by atoms with Gasteiger partial charge in [-0.1, -0.05) is 43.3 Å². The number of hydrogen-bond acceptors (Lipinski definition) is 3. The Morgan fingerprint density at radius 3 is 2.63 bits per heavy atom. The third kappa shape index (κ3) is 4.51. The number of carbonyl (C=O) groups is 1. The van der Waals surface area contributed by atoms with Crippen LogP contribution in [0.3, 0.4) is 0 Å². The molecule has 0 bridgehead atoms. The van der Waals surface area contributed by atoms with Crippen LogP contribution in [-0.4, -0.2) is 24.1 Å². The summed E-state index contributed by atoms with van der Waals surface area (Å²) < 4.78 is 5.08. The van der Waals surface area contributed by atoms with Crippen molar-refractivity contribution < 1.29 is 9.53 Å². The lowest BCUT2D eigenvalue weighted by Gasteiger charge is -2.39. The average molecular weight is 364 g/mol. The summed E-state index contributed by atoms with van der Waals surface area (Å²) in [5.41, 5.74) is 5.13. The molecule has 1 saturated heterocycles. The molecule has 2 heterocycles. The Hall–Kier alpha value is -2.33. The van der Waals surface area contributed by atoms with Crippen molar-refractivity contribution in [1.29, 1.82) is 0 Å². The van der Waals surface area contributed by atoms with Crippen molar-refractivity contribution in [2.75, 3.05) is 18.4 Å². The molecule has 2 aromatic carbocycles. The summed E-state index contributed by atoms with van der Waals surface area (Å²) in [6.45, 7) is 6.08. The van der Waals surface area contributed by atoms with Crippen LogP contribution in [0.5, 0.6) is 0 Å². The van der Waals surface area contributed by atoms with Gasteiger partial charge in [0, 0.05) is 12.1 Å². The molecule has 27 heavy (non-hydrogen) atoms. The zero-order valence-electron chi connectivity index (χ0n) is 16.0. The fourth-order valence-electron chi connectivity index (χ4n) is 4.13. The van der Waals surface area contributed by atoms with Crippen molar-refractivity contribution in [1.82, 2.24) is 4.90 Å². The fourth-order valence-corrected chi connectivity index (χ4v) is 4.13. The Bertz CT molecular complexity index is 795. The summed E-state index contributed by atoms with van der Waals surface area (Å²) in [6.07, 6.45) is 4.59. The zero-order chi connectivity index (χ0) is 18.7. The number of carbonyl (C=O) groups excluding carboxylic acids is 1. The molecule has 0 spiro atoms. The quantitative estimate of drug-likeness (QED) is 0.813. The van der Waals surface area contributed by atoms with E-state index in [1.54, 1.807) is 0 Å². The second-order valence-electron chi connectivity index (χ2n) is 8.27. The molecule has 2 aliphatic heterocycles. The minimum atomic E-state index is -0.360. The van der Waals surface area contributed by atoms with Crippen LogP contribution >= 0.6 is 0 Å². The Morgan fingerprint density at radius 2 is 1.85 bits per heavy atom. The molecule has 2 aliphatic rings. The molecule has 0 unspecified atom stereocenters. The molecule has 1 N–H and O–H groups in total. The van der Waals surface area contributed by atoms with Gasteiger partial charge < -0.3 is 4.74 Å². The number of hydrogen-bond donors (Lipinski definition) is 1. The largest absolute Gasteiger partial charge is 0.444 e. The summed E-state index contributed by atoms with van der Waals surface area (Å²) in [6, 6.07) is 17.1. The minimum Gasteiger partial charge on any atom is -0.444 e. The smallest absolute Gasteiger partial charge is 0.411 e. The normalized spacial score (nSPS) is 19.1. The van der Waals surface area contributed by atoms with E-state index in [-0.39, 0.29) is 6.09 Å². The first kappa shape index (κ1) is 18.1. The van der Waals surface area contributed by atoms with Crippen LogP contribution in [0, 0.1) is 5.41 Å². The zero-order valence-corrected chi connectivity index (χ0v) is 16.0. The molecule has 2 aromatic rings. The highest BCUT2D eigenvalue weighted by Crippen LogP contribution is 2.36. The average Bonchev–Trinajstić information content (AvgIpc) is 2.69. The van der Waals surface area contributed by atoms with Gasteiger partial charge in [-0.15, -0.1) is 0 Å². The molecule has 1 fully saturated rings. The number of cyclic esters (lactones) is 1. The van der Waals surface area contributed by atoms with Gasteiger partial charge in [0.15, 0.2) is 0 Å². The molecule has 0 aliphatic carbocycles. The highest BCUT2D eigenvalue weighted by molar-refractivity contribution is 5.87. The van der Waals surface area contributed by atoms with E-state index in [9.17, 15) is 4.79 Å². The molecule has 1 amide bonds. The number of likely N-dealkylation sites (tertiary alicyclic amines) is 1. The predicted octanol–water partition coefficient (Wildman–Crippen LogP) is 4.98. The molecule has 142 valence electrons. The summed E-state index contributed by atoms with van der Waals surface area (Å²) in [5.74, 6) is 0. The maximum atomic E-state index is 11.3. The van der Waals surface area contributed by atoms with E-state index in [2.05, 4.69) is 59.6 Å². The van der Waals surface area contributed by atoms with Gasteiger partial charge in [0.2, 0.25) is 0 Å². The van der Waals surface area contributed by atoms with Crippen molar-refractivity contribution in [2.45, 2.75) is 45.8 Å². The van der Waals surface area contributed by atoms with Crippen LogP contribution in [0.25, 0.3) is 0 Å². The highest BCUT2D eigenvalue weighted by atomic mass is 16.5. The molecule has 4 rings (SSSR count). The topological polar surface area (TPSA) is 41.6 Å². The molecular weight excluding hydrogens is 336 g/mol. The Labute approximate surface area is 161 Å². The van der Waals surface area contributed by atoms with Crippen LogP contribution in [-0.2, 0) is 24.3 Å². The van der Waals surface area contributed by atoms with Gasteiger partial charge in [0.1, 0.15) is 6.61 Å². The first-order chi connectivity index (χ1) is 13.1. The van der Waals surface area contributed by atoms with Crippen molar-refractivity contribution in [3.63, 3.8) is 0 Å². The van der Waals surface area contributed by atoms with Crippen molar-refractivity contribution in [3.05, 3.63) is 65.2 Å². The molecular formula is C23H28N2O2. The van der Waals surface area contributed by atoms with E-state index in [1.165, 1.54) is 36.8 Å². The van der Waals surface area contributed by atoms with E-state index in [4.69, 9.17) is 4.74 Å². The van der Waals surface area contributed by atoms with Crippen LogP contribution < -0.4 is 5.32 Å². The number of rotatable bonds is 5. The number of ether oxygens (including phenoxy) is 1. The Balaban J connectivity index is 1.30. The van der Waals surface area contributed by atoms with E-state index in [1.807, 2.05) is 6.07 Å². The number of anilines is 1. The molecule has 4 nitrogen and oxygen atoms in total. The molecule has 0 saturated carbocycles. The van der Waals surface area contributed by atoms with Crippen LogP contribution in [0.15, 0.2) is 48.5 Å². The lowest BCUT2D eigenvalue weighted by atomic mass is 9.76. The molecule has 0 atom stereocenters. The SMILES string of the molecule is CC1(CCc2ccccc2)CCN(Cc2ccc3c(c2)COC(=O)N3)CC1. The van der Waals surface area contributed by atoms with Gasteiger partial charge in [-0.3, -0.25) is 10.2 Å². The molecule has 0 radical (unpaired) electrons. The lowest BCUT2D eigenvalue weighted by molar-refractivity contribution is 0.105. The second kappa shape index (κ2) is 7.73. The van der Waals surface area contributed by atoms with Gasteiger partial charge in [0.25, 0.3) is 0 Å². The second-order valence-corrected chi connectivity index (χ2v) is 8.27. The third-order valence-corrected chi connectivity index (χ3v) is 6.09. The number of nitrogens with zero attached hydrogens (tertiary/aromatic N) is 1. The number of nitrogens with one attached hydrogen (secondary N) is 1. The molecule has 4 heteroatoms. The van der Waals surface area contributed by atoms with Gasteiger partial charge in [-0.05, 0) is 67.4 Å². The summed E-state index contributed by atoms with van der Waals surface area (Å²) in [5, 5.41) is 2.75. The Kier molecular flexibility index (Phi) is 5.17. The summed E-state index contributed by atoms with van der Waals surface area (Å²) >= 11 is 0. The minimum absolute atomic E-state index is 0.360. The standard InChI is InChI=1S/C23H28N2O2/c1-23(10-9-18-5-3-2-4-6-18)11-13-25(14-12-23)16-19-7-8-21-20(15-19)17-27-22(26)24-21/h2-8,15H,9-14,16-17H2,1H3,(H,24,26). The van der Waals surface area contributed by atoms with E-state index >= 15 is 0 Å². The number of benzene rings is 2. The van der Waals surface area contributed by atoms with Crippen molar-refractivity contribution in [3.8, 4) is 0 Å². The first-order valence-corrected chi connectivity index (χ1v) is 9.92. The van der Waals surface area contributed by atoms with Crippen LogP contribution in [0.1, 0.15) is 42.9 Å². The van der Waals surface area contributed by atoms with E-state index < -0.39 is 0 Å². The first-order valence-electron chi connectivity index (χ1n) is 9.92. The number of aryl methyl sites for hydroxylation is 1. The number of piperidine rings is 1. The van der Waals surface area contributed by atoms with Crippen molar-refractivity contribution >= 4 is 11.8 Å². The lowest BCUT2D eigenvalue weighted by Crippen LogP contribution is -2.38. The van der Waals surface area contributed by atoms with Gasteiger partial charge in [-0.2, -0.15) is 0 Å². The maximum Gasteiger partial charge on any atom is 0.411 e. The van der Waals surface area contributed by atoms with Gasteiger partial charge in [0.05, 0.1) is 5.69 Å². The third-order valence-electron chi connectivity index (χ3n) is 6.09.